The molecule has 0 amide bonds. The SMILES string of the molecule is CSC1CCCCC1NS(=O)(=O)c1c(C)cc(F)cc1C. The van der Waals surface area contributed by atoms with Crippen molar-refractivity contribution in [3.05, 3.63) is 29.1 Å². The smallest absolute Gasteiger partial charge is 0.207 e. The Kier molecular flexibility index (Phi) is 5.33. The molecule has 1 aliphatic carbocycles. The summed E-state index contributed by atoms with van der Waals surface area (Å²) in [5, 5.41) is 0.314. The summed E-state index contributed by atoms with van der Waals surface area (Å²) >= 11 is 1.71. The van der Waals surface area contributed by atoms with Crippen molar-refractivity contribution in [1.82, 2.24) is 4.72 Å². The van der Waals surface area contributed by atoms with Crippen LogP contribution in [0.25, 0.3) is 0 Å². The van der Waals surface area contributed by atoms with Crippen molar-refractivity contribution in [3.63, 3.8) is 0 Å². The maximum Gasteiger partial charge on any atom is 0.241 e. The fourth-order valence-electron chi connectivity index (χ4n) is 3.09. The fourth-order valence-corrected chi connectivity index (χ4v) is 5.88. The number of rotatable bonds is 4. The van der Waals surface area contributed by atoms with Crippen molar-refractivity contribution in [1.29, 1.82) is 0 Å². The summed E-state index contributed by atoms with van der Waals surface area (Å²) in [6.45, 7) is 3.27. The van der Waals surface area contributed by atoms with E-state index in [-0.39, 0.29) is 10.9 Å². The van der Waals surface area contributed by atoms with Crippen LogP contribution >= 0.6 is 11.8 Å². The van der Waals surface area contributed by atoms with E-state index in [0.29, 0.717) is 16.4 Å². The Morgan fingerprint density at radius 3 is 2.33 bits per heavy atom. The molecule has 3 nitrogen and oxygen atoms in total. The van der Waals surface area contributed by atoms with Crippen LogP contribution in [0, 0.1) is 19.7 Å². The molecule has 1 aromatic carbocycles. The summed E-state index contributed by atoms with van der Waals surface area (Å²) in [4.78, 5) is 0.217. The summed E-state index contributed by atoms with van der Waals surface area (Å²) < 4.78 is 41.5. The van der Waals surface area contributed by atoms with E-state index in [1.165, 1.54) is 12.1 Å². The number of sulfonamides is 1. The van der Waals surface area contributed by atoms with Crippen molar-refractivity contribution >= 4 is 21.8 Å². The number of hydrogen-bond donors (Lipinski definition) is 1. The van der Waals surface area contributed by atoms with Gasteiger partial charge in [0.2, 0.25) is 10.0 Å². The fraction of sp³-hybridized carbons (Fsp3) is 0.600. The zero-order valence-electron chi connectivity index (χ0n) is 12.6. The average molecular weight is 331 g/mol. The van der Waals surface area contributed by atoms with Crippen LogP contribution in [-0.4, -0.2) is 26.0 Å². The van der Waals surface area contributed by atoms with Gasteiger partial charge < -0.3 is 0 Å². The van der Waals surface area contributed by atoms with Gasteiger partial charge in [0.15, 0.2) is 0 Å². The number of benzene rings is 1. The molecule has 0 radical (unpaired) electrons. The molecule has 21 heavy (non-hydrogen) atoms. The summed E-state index contributed by atoms with van der Waals surface area (Å²) in [5.41, 5.74) is 0.910. The third-order valence-corrected chi connectivity index (χ3v) is 6.97. The van der Waals surface area contributed by atoms with Gasteiger partial charge in [-0.1, -0.05) is 12.8 Å². The molecule has 1 aromatic rings. The number of hydrogen-bond acceptors (Lipinski definition) is 3. The minimum Gasteiger partial charge on any atom is -0.207 e. The van der Waals surface area contributed by atoms with Crippen LogP contribution in [0.4, 0.5) is 4.39 Å². The summed E-state index contributed by atoms with van der Waals surface area (Å²) in [7, 11) is -3.61. The molecule has 1 N–H and O–H groups in total. The maximum atomic E-state index is 13.4. The lowest BCUT2D eigenvalue weighted by atomic mass is 9.96. The molecule has 0 spiro atoms. The van der Waals surface area contributed by atoms with E-state index < -0.39 is 15.8 Å². The predicted octanol–water partition coefficient (Wildman–Crippen LogP) is 3.40. The zero-order valence-corrected chi connectivity index (χ0v) is 14.3. The molecule has 2 rings (SSSR count). The first-order valence-corrected chi connectivity index (χ1v) is 9.94. The van der Waals surface area contributed by atoms with Gasteiger partial charge in [-0.25, -0.2) is 17.5 Å². The summed E-state index contributed by atoms with van der Waals surface area (Å²) in [6.07, 6.45) is 6.12. The molecule has 0 aromatic heterocycles. The third kappa shape index (κ3) is 3.79. The molecule has 0 aliphatic heterocycles. The monoisotopic (exact) mass is 331 g/mol. The second kappa shape index (κ2) is 6.67. The molecule has 0 bridgehead atoms. The van der Waals surface area contributed by atoms with E-state index in [1.54, 1.807) is 25.6 Å². The molecule has 0 heterocycles. The molecule has 1 saturated carbocycles. The van der Waals surface area contributed by atoms with Gasteiger partial charge in [-0.3, -0.25) is 0 Å². The highest BCUT2D eigenvalue weighted by atomic mass is 32.2. The van der Waals surface area contributed by atoms with Crippen molar-refractivity contribution in [2.75, 3.05) is 6.26 Å². The number of thioether (sulfide) groups is 1. The van der Waals surface area contributed by atoms with Gasteiger partial charge in [-0.15, -0.1) is 0 Å². The Morgan fingerprint density at radius 1 is 1.19 bits per heavy atom. The first-order valence-electron chi connectivity index (χ1n) is 7.17. The van der Waals surface area contributed by atoms with E-state index >= 15 is 0 Å². The normalized spacial score (nSPS) is 23.2. The van der Waals surface area contributed by atoms with E-state index in [2.05, 4.69) is 4.72 Å². The van der Waals surface area contributed by atoms with Gasteiger partial charge in [-0.05, 0) is 56.2 Å². The van der Waals surface area contributed by atoms with Crippen LogP contribution in [0.1, 0.15) is 36.8 Å². The van der Waals surface area contributed by atoms with Crippen molar-refractivity contribution in [3.8, 4) is 0 Å². The van der Waals surface area contributed by atoms with Gasteiger partial charge in [0.05, 0.1) is 4.90 Å². The molecule has 1 fully saturated rings. The topological polar surface area (TPSA) is 46.2 Å². The van der Waals surface area contributed by atoms with Gasteiger partial charge >= 0.3 is 0 Å². The Morgan fingerprint density at radius 2 is 1.76 bits per heavy atom. The van der Waals surface area contributed by atoms with Crippen LogP contribution in [0.5, 0.6) is 0 Å². The first-order chi connectivity index (χ1) is 9.85. The number of aryl methyl sites for hydroxylation is 2. The lowest BCUT2D eigenvalue weighted by molar-refractivity contribution is 0.423. The van der Waals surface area contributed by atoms with Crippen LogP contribution in [0.2, 0.25) is 0 Å². The van der Waals surface area contributed by atoms with Crippen LogP contribution in [0.3, 0.4) is 0 Å². The lowest BCUT2D eigenvalue weighted by Gasteiger charge is -2.31. The van der Waals surface area contributed by atoms with E-state index in [4.69, 9.17) is 0 Å². The quantitative estimate of drug-likeness (QED) is 0.920. The zero-order chi connectivity index (χ0) is 15.6. The van der Waals surface area contributed by atoms with Gasteiger partial charge in [-0.2, -0.15) is 11.8 Å². The summed E-state index contributed by atoms with van der Waals surface area (Å²) in [6, 6.07) is 2.51. The highest BCUT2D eigenvalue weighted by molar-refractivity contribution is 7.99. The second-order valence-electron chi connectivity index (χ2n) is 5.66. The van der Waals surface area contributed by atoms with Crippen molar-refractivity contribution in [2.24, 2.45) is 0 Å². The highest BCUT2D eigenvalue weighted by Crippen LogP contribution is 2.29. The summed E-state index contributed by atoms with van der Waals surface area (Å²) in [5.74, 6) is -0.399. The molecule has 1 aliphatic rings. The van der Waals surface area contributed by atoms with Crippen molar-refractivity contribution < 1.29 is 12.8 Å². The third-order valence-electron chi connectivity index (χ3n) is 4.01. The molecule has 2 atom stereocenters. The maximum absolute atomic E-state index is 13.4. The Hall–Kier alpha value is -0.590. The van der Waals surface area contributed by atoms with E-state index in [1.807, 2.05) is 6.26 Å². The standard InChI is InChI=1S/C15H22FNO2S2/c1-10-8-12(16)9-11(2)15(10)21(18,19)17-13-6-4-5-7-14(13)20-3/h8-9,13-14,17H,4-7H2,1-3H3. The minimum absolute atomic E-state index is 0.0393. The van der Waals surface area contributed by atoms with E-state index in [0.717, 1.165) is 25.7 Å². The molecular formula is C15H22FNO2S2. The molecular weight excluding hydrogens is 309 g/mol. The van der Waals surface area contributed by atoms with Crippen LogP contribution in [0.15, 0.2) is 17.0 Å². The van der Waals surface area contributed by atoms with Gasteiger partial charge in [0.1, 0.15) is 5.82 Å². The van der Waals surface area contributed by atoms with Gasteiger partial charge in [0.25, 0.3) is 0 Å². The van der Waals surface area contributed by atoms with Gasteiger partial charge in [0, 0.05) is 11.3 Å². The Bertz CT molecular complexity index is 593. The number of nitrogens with one attached hydrogen (secondary N) is 1. The van der Waals surface area contributed by atoms with E-state index in [9.17, 15) is 12.8 Å². The van der Waals surface area contributed by atoms with Crippen LogP contribution in [-0.2, 0) is 10.0 Å². The average Bonchev–Trinajstić information content (AvgIpc) is 2.37. The van der Waals surface area contributed by atoms with Crippen LogP contribution < -0.4 is 4.72 Å². The Labute approximate surface area is 130 Å². The minimum atomic E-state index is -3.61. The molecule has 0 saturated heterocycles. The largest absolute Gasteiger partial charge is 0.241 e. The second-order valence-corrected chi connectivity index (χ2v) is 8.38. The van der Waals surface area contributed by atoms with Crippen molar-refractivity contribution in [2.45, 2.75) is 55.7 Å². The highest BCUT2D eigenvalue weighted by Gasteiger charge is 2.30. The first kappa shape index (κ1) is 16.8. The predicted molar refractivity (Wildman–Crippen MR) is 85.8 cm³/mol. The molecule has 6 heteroatoms. The number of halogens is 1. The molecule has 2 unspecified atom stereocenters. The Balaban J connectivity index is 2.30. The molecule has 118 valence electrons. The lowest BCUT2D eigenvalue weighted by Crippen LogP contribution is -2.43.